The summed E-state index contributed by atoms with van der Waals surface area (Å²) in [6.45, 7) is 0.926. The van der Waals surface area contributed by atoms with Crippen molar-refractivity contribution >= 4 is 32.5 Å². The standard InChI is InChI=1S/C28H27N3O4S/c32-27(31-18-15-28(33,16-19-31)20-21-6-2-1-3-7-21)23-11-13-24(14-12-23)30-36(34,35)25-10-4-8-22-9-5-17-29-26(22)25/h1-14,17,30,33H,15-16,18-20H2. The number of hydrogen-bond acceptors (Lipinski definition) is 5. The lowest BCUT2D eigenvalue weighted by Gasteiger charge is -2.38. The van der Waals surface area contributed by atoms with Crippen molar-refractivity contribution in [1.82, 2.24) is 9.88 Å². The molecule has 2 heterocycles. The monoisotopic (exact) mass is 501 g/mol. The highest BCUT2D eigenvalue weighted by Crippen LogP contribution is 2.28. The Hall–Kier alpha value is -3.75. The first kappa shape index (κ1) is 24.0. The molecule has 1 amide bonds. The van der Waals surface area contributed by atoms with Gasteiger partial charge < -0.3 is 10.0 Å². The fourth-order valence-electron chi connectivity index (χ4n) is 4.65. The maximum absolute atomic E-state index is 13.0. The summed E-state index contributed by atoms with van der Waals surface area (Å²) < 4.78 is 28.6. The minimum Gasteiger partial charge on any atom is -0.389 e. The Morgan fingerprint density at radius 1 is 0.917 bits per heavy atom. The van der Waals surface area contributed by atoms with Crippen molar-refractivity contribution < 1.29 is 18.3 Å². The van der Waals surface area contributed by atoms with Gasteiger partial charge in [0.1, 0.15) is 4.90 Å². The van der Waals surface area contributed by atoms with E-state index in [4.69, 9.17) is 0 Å². The van der Waals surface area contributed by atoms with Crippen LogP contribution < -0.4 is 4.72 Å². The Morgan fingerprint density at radius 3 is 2.33 bits per heavy atom. The third kappa shape index (κ3) is 5.10. The number of piperidine rings is 1. The average molecular weight is 502 g/mol. The first-order valence-electron chi connectivity index (χ1n) is 11.9. The third-order valence-corrected chi connectivity index (χ3v) is 8.04. The number of anilines is 1. The fraction of sp³-hybridized carbons (Fsp3) is 0.214. The number of pyridine rings is 1. The highest BCUT2D eigenvalue weighted by molar-refractivity contribution is 7.93. The molecule has 7 nitrogen and oxygen atoms in total. The molecule has 0 atom stereocenters. The minimum absolute atomic E-state index is 0.0945. The van der Waals surface area contributed by atoms with Crippen molar-refractivity contribution in [3.8, 4) is 0 Å². The van der Waals surface area contributed by atoms with Gasteiger partial charge in [-0.3, -0.25) is 14.5 Å². The lowest BCUT2D eigenvalue weighted by Crippen LogP contribution is -2.47. The summed E-state index contributed by atoms with van der Waals surface area (Å²) in [6.07, 6.45) is 3.14. The van der Waals surface area contributed by atoms with Crippen LogP contribution in [0.2, 0.25) is 0 Å². The molecule has 0 aliphatic carbocycles. The molecule has 2 N–H and O–H groups in total. The Kier molecular flexibility index (Phi) is 6.47. The molecule has 0 spiro atoms. The molecule has 0 radical (unpaired) electrons. The maximum Gasteiger partial charge on any atom is 0.264 e. The molecule has 0 bridgehead atoms. The molecule has 0 saturated carbocycles. The molecule has 1 aromatic heterocycles. The molecule has 1 saturated heterocycles. The summed E-state index contributed by atoms with van der Waals surface area (Å²) in [6, 6.07) is 24.8. The van der Waals surface area contributed by atoms with Gasteiger partial charge in [-0.05, 0) is 54.8 Å². The molecular formula is C28H27N3O4S. The topological polar surface area (TPSA) is 99.6 Å². The van der Waals surface area contributed by atoms with Crippen LogP contribution in [0.15, 0.2) is 96.0 Å². The minimum atomic E-state index is -3.87. The molecule has 1 aliphatic rings. The van der Waals surface area contributed by atoms with Crippen LogP contribution in [-0.2, 0) is 16.4 Å². The van der Waals surface area contributed by atoms with Gasteiger partial charge in [0.2, 0.25) is 0 Å². The number of amides is 1. The van der Waals surface area contributed by atoms with Gasteiger partial charge in [-0.1, -0.05) is 48.5 Å². The van der Waals surface area contributed by atoms with E-state index in [1.54, 1.807) is 47.5 Å². The fourth-order valence-corrected chi connectivity index (χ4v) is 5.88. The first-order valence-corrected chi connectivity index (χ1v) is 13.3. The van der Waals surface area contributed by atoms with E-state index in [0.29, 0.717) is 49.1 Å². The zero-order chi connectivity index (χ0) is 25.2. The number of hydrogen-bond donors (Lipinski definition) is 2. The van der Waals surface area contributed by atoms with Crippen LogP contribution in [0.3, 0.4) is 0 Å². The van der Waals surface area contributed by atoms with E-state index in [1.807, 2.05) is 42.5 Å². The highest BCUT2D eigenvalue weighted by atomic mass is 32.2. The Balaban J connectivity index is 1.24. The van der Waals surface area contributed by atoms with E-state index in [2.05, 4.69) is 9.71 Å². The summed E-state index contributed by atoms with van der Waals surface area (Å²) in [5, 5.41) is 11.7. The van der Waals surface area contributed by atoms with E-state index in [1.165, 1.54) is 6.07 Å². The van der Waals surface area contributed by atoms with Gasteiger partial charge in [-0.15, -0.1) is 0 Å². The molecule has 4 aromatic rings. The summed E-state index contributed by atoms with van der Waals surface area (Å²) >= 11 is 0. The molecule has 36 heavy (non-hydrogen) atoms. The van der Waals surface area contributed by atoms with Crippen LogP contribution in [-0.4, -0.2) is 48.0 Å². The molecular weight excluding hydrogens is 474 g/mol. The number of aliphatic hydroxyl groups is 1. The summed E-state index contributed by atoms with van der Waals surface area (Å²) in [5.41, 5.74) is 1.49. The number of likely N-dealkylation sites (tertiary alicyclic amines) is 1. The Labute approximate surface area is 210 Å². The predicted octanol–water partition coefficient (Wildman–Crippen LogP) is 4.25. The van der Waals surface area contributed by atoms with E-state index >= 15 is 0 Å². The summed E-state index contributed by atoms with van der Waals surface area (Å²) in [5.74, 6) is -0.135. The Morgan fingerprint density at radius 2 is 1.61 bits per heavy atom. The molecule has 184 valence electrons. The van der Waals surface area contributed by atoms with Gasteiger partial charge in [0.15, 0.2) is 0 Å². The highest BCUT2D eigenvalue weighted by Gasteiger charge is 2.34. The first-order chi connectivity index (χ1) is 17.3. The largest absolute Gasteiger partial charge is 0.389 e. The number of benzene rings is 3. The molecule has 1 aliphatic heterocycles. The summed E-state index contributed by atoms with van der Waals surface area (Å²) in [7, 11) is -3.87. The van der Waals surface area contributed by atoms with Gasteiger partial charge >= 0.3 is 0 Å². The average Bonchev–Trinajstić information content (AvgIpc) is 2.89. The number of fused-ring (bicyclic) bond motifs is 1. The smallest absolute Gasteiger partial charge is 0.264 e. The molecule has 0 unspecified atom stereocenters. The van der Waals surface area contributed by atoms with Gasteiger partial charge in [0, 0.05) is 42.3 Å². The number of aromatic nitrogens is 1. The van der Waals surface area contributed by atoms with E-state index in [9.17, 15) is 18.3 Å². The van der Waals surface area contributed by atoms with Gasteiger partial charge in [-0.2, -0.15) is 0 Å². The van der Waals surface area contributed by atoms with Crippen molar-refractivity contribution in [2.24, 2.45) is 0 Å². The van der Waals surface area contributed by atoms with Crippen LogP contribution in [0.4, 0.5) is 5.69 Å². The number of para-hydroxylation sites is 1. The van der Waals surface area contributed by atoms with Crippen molar-refractivity contribution in [3.63, 3.8) is 0 Å². The van der Waals surface area contributed by atoms with Crippen LogP contribution in [0.5, 0.6) is 0 Å². The SMILES string of the molecule is O=C(c1ccc(NS(=O)(=O)c2cccc3cccnc23)cc1)N1CCC(O)(Cc2ccccc2)CC1. The normalized spacial score (nSPS) is 15.5. The van der Waals surface area contributed by atoms with Crippen molar-refractivity contribution in [3.05, 3.63) is 102 Å². The second-order valence-corrected chi connectivity index (χ2v) is 10.8. The van der Waals surface area contributed by atoms with Crippen molar-refractivity contribution in [1.29, 1.82) is 0 Å². The zero-order valence-corrected chi connectivity index (χ0v) is 20.5. The van der Waals surface area contributed by atoms with Gasteiger partial charge in [-0.25, -0.2) is 8.42 Å². The van der Waals surface area contributed by atoms with Crippen molar-refractivity contribution in [2.45, 2.75) is 29.8 Å². The van der Waals surface area contributed by atoms with Gasteiger partial charge in [0.25, 0.3) is 15.9 Å². The van der Waals surface area contributed by atoms with Crippen LogP contribution in [0, 0.1) is 0 Å². The van der Waals surface area contributed by atoms with E-state index in [0.717, 1.165) is 10.9 Å². The zero-order valence-electron chi connectivity index (χ0n) is 19.7. The number of carbonyl (C=O) groups excluding carboxylic acids is 1. The second-order valence-electron chi connectivity index (χ2n) is 9.19. The quantitative estimate of drug-likeness (QED) is 0.412. The van der Waals surface area contributed by atoms with E-state index in [-0.39, 0.29) is 10.8 Å². The van der Waals surface area contributed by atoms with Crippen LogP contribution in [0.1, 0.15) is 28.8 Å². The van der Waals surface area contributed by atoms with Crippen LogP contribution >= 0.6 is 0 Å². The number of nitrogens with zero attached hydrogens (tertiary/aromatic N) is 2. The number of rotatable bonds is 6. The number of sulfonamides is 1. The Bertz CT molecular complexity index is 1480. The third-order valence-electron chi connectivity index (χ3n) is 6.63. The number of carbonyl (C=O) groups is 1. The molecule has 5 rings (SSSR count). The van der Waals surface area contributed by atoms with Crippen molar-refractivity contribution in [2.75, 3.05) is 17.8 Å². The summed E-state index contributed by atoms with van der Waals surface area (Å²) in [4.78, 5) is 19.1. The predicted molar refractivity (Wildman–Crippen MR) is 139 cm³/mol. The number of nitrogens with one attached hydrogen (secondary N) is 1. The molecule has 8 heteroatoms. The maximum atomic E-state index is 13.0. The molecule has 1 fully saturated rings. The van der Waals surface area contributed by atoms with Gasteiger partial charge in [0.05, 0.1) is 11.1 Å². The van der Waals surface area contributed by atoms with Crippen LogP contribution in [0.25, 0.3) is 10.9 Å². The van der Waals surface area contributed by atoms with E-state index < -0.39 is 15.6 Å². The lowest BCUT2D eigenvalue weighted by molar-refractivity contribution is -0.0162. The second kappa shape index (κ2) is 9.72. The molecule has 3 aromatic carbocycles. The lowest BCUT2D eigenvalue weighted by atomic mass is 9.85.